The minimum atomic E-state index is -3.47. The second-order valence-electron chi connectivity index (χ2n) is 5.25. The fourth-order valence-electron chi connectivity index (χ4n) is 2.61. The Morgan fingerprint density at radius 2 is 2.00 bits per heavy atom. The lowest BCUT2D eigenvalue weighted by molar-refractivity contribution is 0.185. The van der Waals surface area contributed by atoms with Gasteiger partial charge in [-0.05, 0) is 30.5 Å². The summed E-state index contributed by atoms with van der Waals surface area (Å²) in [4.78, 5) is 0. The number of benzene rings is 1. The molecule has 2 rings (SSSR count). The van der Waals surface area contributed by atoms with Crippen LogP contribution in [0.15, 0.2) is 24.3 Å². The normalized spacial score (nSPS) is 18.6. The Hall–Kier alpha value is -1.11. The highest BCUT2D eigenvalue weighted by Gasteiger charge is 2.36. The first-order chi connectivity index (χ1) is 8.95. The van der Waals surface area contributed by atoms with Gasteiger partial charge in [0.2, 0.25) is 10.0 Å². The minimum Gasteiger partial charge on any atom is -0.399 e. The smallest absolute Gasteiger partial charge is 0.216 e. The molecule has 0 spiro atoms. The van der Waals surface area contributed by atoms with Gasteiger partial charge in [0.05, 0.1) is 17.9 Å². The number of rotatable bonds is 5. The summed E-state index contributed by atoms with van der Waals surface area (Å²) in [6.45, 7) is -0.150. The summed E-state index contributed by atoms with van der Waals surface area (Å²) in [6.07, 6.45) is 3.28. The van der Waals surface area contributed by atoms with Crippen molar-refractivity contribution in [3.63, 3.8) is 0 Å². The summed E-state index contributed by atoms with van der Waals surface area (Å²) in [5.74, 6) is -0.111. The van der Waals surface area contributed by atoms with Crippen molar-refractivity contribution in [3.05, 3.63) is 29.8 Å². The molecule has 1 aliphatic carbocycles. The third-order valence-corrected chi connectivity index (χ3v) is 5.00. The number of nitrogen functional groups attached to an aromatic ring is 1. The Bertz CT molecular complexity index is 537. The molecule has 1 saturated carbocycles. The van der Waals surface area contributed by atoms with E-state index in [0.717, 1.165) is 12.8 Å². The summed E-state index contributed by atoms with van der Waals surface area (Å²) in [6, 6.07) is 6.84. The van der Waals surface area contributed by atoms with E-state index in [2.05, 4.69) is 4.72 Å². The fourth-order valence-corrected chi connectivity index (χ4v) is 4.23. The SMILES string of the molecule is Nc1cccc(CS(=O)(=O)NC2(CO)CCCC2)c1. The molecule has 1 fully saturated rings. The summed E-state index contributed by atoms with van der Waals surface area (Å²) in [7, 11) is -3.47. The number of aliphatic hydroxyl groups excluding tert-OH is 1. The standard InChI is InChI=1S/C13H20N2O3S/c14-12-5-3-4-11(8-12)9-19(17,18)15-13(10-16)6-1-2-7-13/h3-5,8,15-16H,1-2,6-7,9-10,14H2. The van der Waals surface area contributed by atoms with E-state index in [4.69, 9.17) is 5.73 Å². The molecule has 0 heterocycles. The highest BCUT2D eigenvalue weighted by atomic mass is 32.2. The van der Waals surface area contributed by atoms with Crippen LogP contribution in [-0.2, 0) is 15.8 Å². The van der Waals surface area contributed by atoms with E-state index in [1.54, 1.807) is 24.3 Å². The molecule has 5 nitrogen and oxygen atoms in total. The fraction of sp³-hybridized carbons (Fsp3) is 0.538. The van der Waals surface area contributed by atoms with Crippen molar-refractivity contribution in [1.82, 2.24) is 4.72 Å². The minimum absolute atomic E-state index is 0.111. The van der Waals surface area contributed by atoms with Crippen LogP contribution < -0.4 is 10.5 Å². The van der Waals surface area contributed by atoms with Crippen LogP contribution >= 0.6 is 0 Å². The average Bonchev–Trinajstić information content (AvgIpc) is 2.76. The molecule has 0 radical (unpaired) electrons. The van der Waals surface area contributed by atoms with Gasteiger partial charge in [0.25, 0.3) is 0 Å². The molecule has 1 aromatic rings. The molecule has 0 unspecified atom stereocenters. The molecule has 19 heavy (non-hydrogen) atoms. The topological polar surface area (TPSA) is 92.4 Å². The van der Waals surface area contributed by atoms with Gasteiger partial charge in [0.15, 0.2) is 0 Å². The van der Waals surface area contributed by atoms with E-state index in [1.807, 2.05) is 0 Å². The maximum atomic E-state index is 12.2. The van der Waals surface area contributed by atoms with Gasteiger partial charge in [-0.2, -0.15) is 0 Å². The highest BCUT2D eigenvalue weighted by Crippen LogP contribution is 2.30. The van der Waals surface area contributed by atoms with Crippen molar-refractivity contribution in [1.29, 1.82) is 0 Å². The summed E-state index contributed by atoms with van der Waals surface area (Å²) in [5, 5.41) is 9.44. The van der Waals surface area contributed by atoms with Gasteiger partial charge in [-0.3, -0.25) is 0 Å². The van der Waals surface area contributed by atoms with Crippen LogP contribution in [0.25, 0.3) is 0 Å². The average molecular weight is 284 g/mol. The molecule has 106 valence electrons. The highest BCUT2D eigenvalue weighted by molar-refractivity contribution is 7.88. The Kier molecular flexibility index (Phi) is 4.13. The molecule has 1 aromatic carbocycles. The number of anilines is 1. The van der Waals surface area contributed by atoms with Gasteiger partial charge in [-0.25, -0.2) is 13.1 Å². The Morgan fingerprint density at radius 3 is 2.58 bits per heavy atom. The Morgan fingerprint density at radius 1 is 1.32 bits per heavy atom. The van der Waals surface area contributed by atoms with Crippen molar-refractivity contribution in [2.24, 2.45) is 0 Å². The first-order valence-electron chi connectivity index (χ1n) is 6.42. The van der Waals surface area contributed by atoms with Gasteiger partial charge < -0.3 is 10.8 Å². The van der Waals surface area contributed by atoms with Crippen molar-refractivity contribution >= 4 is 15.7 Å². The lowest BCUT2D eigenvalue weighted by atomic mass is 10.0. The first-order valence-corrected chi connectivity index (χ1v) is 8.07. The van der Waals surface area contributed by atoms with E-state index >= 15 is 0 Å². The molecule has 1 aliphatic rings. The maximum absolute atomic E-state index is 12.2. The number of nitrogens with one attached hydrogen (secondary N) is 1. The molecule has 0 bridgehead atoms. The molecule has 4 N–H and O–H groups in total. The second kappa shape index (κ2) is 5.48. The van der Waals surface area contributed by atoms with E-state index in [9.17, 15) is 13.5 Å². The first kappa shape index (κ1) is 14.3. The number of hydrogen-bond acceptors (Lipinski definition) is 4. The Labute approximate surface area is 113 Å². The van der Waals surface area contributed by atoms with Crippen LogP contribution in [0.1, 0.15) is 31.2 Å². The molecule has 0 amide bonds. The van der Waals surface area contributed by atoms with Crippen LogP contribution in [0.2, 0.25) is 0 Å². The molecular formula is C13H20N2O3S. The summed E-state index contributed by atoms with van der Waals surface area (Å²) >= 11 is 0. The van der Waals surface area contributed by atoms with Gasteiger partial charge in [-0.1, -0.05) is 25.0 Å². The van der Waals surface area contributed by atoms with Crippen molar-refractivity contribution < 1.29 is 13.5 Å². The lowest BCUT2D eigenvalue weighted by Crippen LogP contribution is -2.49. The predicted molar refractivity (Wildman–Crippen MR) is 74.9 cm³/mol. The van der Waals surface area contributed by atoms with Crippen LogP contribution in [0.4, 0.5) is 5.69 Å². The van der Waals surface area contributed by atoms with Crippen LogP contribution in [0.3, 0.4) is 0 Å². The molecule has 0 saturated heterocycles. The summed E-state index contributed by atoms with van der Waals surface area (Å²) < 4.78 is 27.0. The zero-order valence-corrected chi connectivity index (χ0v) is 11.6. The molecule has 0 aromatic heterocycles. The van der Waals surface area contributed by atoms with Crippen molar-refractivity contribution in [2.45, 2.75) is 37.0 Å². The van der Waals surface area contributed by atoms with E-state index in [-0.39, 0.29) is 12.4 Å². The van der Waals surface area contributed by atoms with E-state index in [1.165, 1.54) is 0 Å². The van der Waals surface area contributed by atoms with Crippen molar-refractivity contribution in [3.8, 4) is 0 Å². The molecule has 6 heteroatoms. The second-order valence-corrected chi connectivity index (χ2v) is 6.97. The third-order valence-electron chi connectivity index (χ3n) is 3.54. The monoisotopic (exact) mass is 284 g/mol. The maximum Gasteiger partial charge on any atom is 0.216 e. The van der Waals surface area contributed by atoms with Gasteiger partial charge in [0, 0.05) is 5.69 Å². The lowest BCUT2D eigenvalue weighted by Gasteiger charge is -2.27. The van der Waals surface area contributed by atoms with Gasteiger partial charge in [0.1, 0.15) is 0 Å². The molecular weight excluding hydrogens is 264 g/mol. The zero-order chi connectivity index (χ0) is 13.9. The molecule has 0 aliphatic heterocycles. The number of aliphatic hydroxyl groups is 1. The largest absolute Gasteiger partial charge is 0.399 e. The van der Waals surface area contributed by atoms with E-state index in [0.29, 0.717) is 24.1 Å². The number of sulfonamides is 1. The Balaban J connectivity index is 2.10. The predicted octanol–water partition coefficient (Wildman–Crippen LogP) is 0.993. The quantitative estimate of drug-likeness (QED) is 0.703. The van der Waals surface area contributed by atoms with E-state index < -0.39 is 15.6 Å². The number of hydrogen-bond donors (Lipinski definition) is 3. The zero-order valence-electron chi connectivity index (χ0n) is 10.8. The van der Waals surface area contributed by atoms with Crippen LogP contribution in [0, 0.1) is 0 Å². The van der Waals surface area contributed by atoms with Crippen molar-refractivity contribution in [2.75, 3.05) is 12.3 Å². The molecule has 0 atom stereocenters. The van der Waals surface area contributed by atoms with Gasteiger partial charge in [-0.15, -0.1) is 0 Å². The van der Waals surface area contributed by atoms with Gasteiger partial charge >= 0.3 is 0 Å². The number of nitrogens with two attached hydrogens (primary N) is 1. The third kappa shape index (κ3) is 3.68. The van der Waals surface area contributed by atoms with Crippen LogP contribution in [-0.4, -0.2) is 25.7 Å². The van der Waals surface area contributed by atoms with Crippen LogP contribution in [0.5, 0.6) is 0 Å². The summed E-state index contributed by atoms with van der Waals surface area (Å²) in [5.41, 5.74) is 6.17.